The Morgan fingerprint density at radius 2 is 1.00 bits per heavy atom. The molecule has 1 atom stereocenters. The summed E-state index contributed by atoms with van der Waals surface area (Å²) >= 11 is 0. The minimum atomic E-state index is 0.715. The van der Waals surface area contributed by atoms with Crippen molar-refractivity contribution in [3.8, 4) is 0 Å². The Balaban J connectivity index is -0.000000607. The van der Waals surface area contributed by atoms with Gasteiger partial charge in [-0.05, 0) is 24.7 Å². The summed E-state index contributed by atoms with van der Waals surface area (Å²) in [5.41, 5.74) is 0. The van der Waals surface area contributed by atoms with Gasteiger partial charge in [-0.3, -0.25) is 0 Å². The van der Waals surface area contributed by atoms with Crippen LogP contribution in [0.1, 0.15) is 138 Å². The molecule has 0 aromatic heterocycles. The van der Waals surface area contributed by atoms with Crippen molar-refractivity contribution in [3.63, 3.8) is 0 Å². The van der Waals surface area contributed by atoms with E-state index in [2.05, 4.69) is 46.9 Å². The molecule has 0 aromatic carbocycles. The molecule has 0 spiro atoms. The van der Waals surface area contributed by atoms with Crippen molar-refractivity contribution in [1.29, 1.82) is 0 Å². The third-order valence-electron chi connectivity index (χ3n) is 4.80. The van der Waals surface area contributed by atoms with E-state index < -0.39 is 0 Å². The first kappa shape index (κ1) is 31.2. The first-order valence-electron chi connectivity index (χ1n) is 12.3. The van der Waals surface area contributed by atoms with Crippen LogP contribution in [0.5, 0.6) is 0 Å². The maximum Gasteiger partial charge on any atom is -0.0265 e. The predicted molar refractivity (Wildman–Crippen MR) is 131 cm³/mol. The molecule has 0 heterocycles. The minimum absolute atomic E-state index is 0.715. The van der Waals surface area contributed by atoms with E-state index in [1.54, 1.807) is 0 Å². The van der Waals surface area contributed by atoms with Gasteiger partial charge in [-0.25, -0.2) is 0 Å². The molecule has 0 aliphatic heterocycles. The van der Waals surface area contributed by atoms with Crippen LogP contribution in [0, 0.1) is 11.8 Å². The van der Waals surface area contributed by atoms with Gasteiger partial charge in [0.05, 0.1) is 0 Å². The lowest BCUT2D eigenvalue weighted by molar-refractivity contribution is 0.520. The molecule has 0 rings (SSSR count). The first-order valence-corrected chi connectivity index (χ1v) is 12.3. The largest absolute Gasteiger partial charge is 0.103 e. The highest BCUT2D eigenvalue weighted by Crippen LogP contribution is 2.14. The number of allylic oxidation sites excluding steroid dienone is 2. The summed E-state index contributed by atoms with van der Waals surface area (Å²) in [7, 11) is 0. The van der Waals surface area contributed by atoms with Crippen LogP contribution in [0.15, 0.2) is 25.3 Å². The Bertz CT molecular complexity index is 251. The topological polar surface area (TPSA) is 0 Å². The van der Waals surface area contributed by atoms with E-state index in [0.29, 0.717) is 5.92 Å². The summed E-state index contributed by atoms with van der Waals surface area (Å²) in [6.07, 6.45) is 25.3. The molecule has 27 heavy (non-hydrogen) atoms. The molecule has 0 amide bonds. The van der Waals surface area contributed by atoms with Gasteiger partial charge in [0.2, 0.25) is 0 Å². The van der Waals surface area contributed by atoms with Crippen LogP contribution >= 0.6 is 0 Å². The molecule has 0 nitrogen and oxygen atoms in total. The molecule has 0 fully saturated rings. The van der Waals surface area contributed by atoms with Crippen molar-refractivity contribution < 1.29 is 0 Å². The van der Waals surface area contributed by atoms with Gasteiger partial charge in [0.25, 0.3) is 0 Å². The van der Waals surface area contributed by atoms with E-state index in [4.69, 9.17) is 0 Å². The number of hydrogen-bond acceptors (Lipinski definition) is 0. The van der Waals surface area contributed by atoms with Gasteiger partial charge >= 0.3 is 0 Å². The highest BCUT2D eigenvalue weighted by Gasteiger charge is 1.96. The maximum absolute atomic E-state index is 3.84. The molecule has 0 aliphatic rings. The maximum atomic E-state index is 3.84. The number of rotatable bonds is 17. The van der Waals surface area contributed by atoms with Crippen LogP contribution in [0.3, 0.4) is 0 Å². The van der Waals surface area contributed by atoms with Crippen molar-refractivity contribution in [2.24, 2.45) is 11.8 Å². The van der Waals surface area contributed by atoms with Crippen molar-refractivity contribution >= 4 is 0 Å². The standard InChI is InChI=1S/C19H38.C6H12.C2H6/c1-4-6-7-8-9-10-11-12-13-14-15-16-17-18-19(3)5-2;1-4-5-6(2)3;1-2/h5,19H,2,4,6-18H2,1,3H3;4,6H,1,5H2,2-3H3;1-2H3. The van der Waals surface area contributed by atoms with Gasteiger partial charge in [-0.1, -0.05) is 137 Å². The zero-order valence-electron chi connectivity index (χ0n) is 20.3. The van der Waals surface area contributed by atoms with E-state index in [1.807, 2.05) is 19.9 Å². The van der Waals surface area contributed by atoms with Crippen LogP contribution in [-0.2, 0) is 0 Å². The minimum Gasteiger partial charge on any atom is -0.103 e. The van der Waals surface area contributed by atoms with Gasteiger partial charge in [0, 0.05) is 0 Å². The number of hydrogen-bond donors (Lipinski definition) is 0. The Morgan fingerprint density at radius 3 is 1.26 bits per heavy atom. The highest BCUT2D eigenvalue weighted by molar-refractivity contribution is 4.74. The molecule has 1 unspecified atom stereocenters. The zero-order valence-corrected chi connectivity index (χ0v) is 20.3. The zero-order chi connectivity index (χ0) is 21.2. The smallest absolute Gasteiger partial charge is 0.0265 e. The highest BCUT2D eigenvalue weighted by atomic mass is 14.0. The van der Waals surface area contributed by atoms with Crippen molar-refractivity contribution in [3.05, 3.63) is 25.3 Å². The lowest BCUT2D eigenvalue weighted by Crippen LogP contribution is -1.89. The quantitative estimate of drug-likeness (QED) is 0.174. The normalized spacial score (nSPS) is 11.1. The summed E-state index contributed by atoms with van der Waals surface area (Å²) in [6, 6.07) is 0. The lowest BCUT2D eigenvalue weighted by atomic mass is 10.0. The van der Waals surface area contributed by atoms with Gasteiger partial charge < -0.3 is 0 Å². The fourth-order valence-electron chi connectivity index (χ4n) is 2.94. The Kier molecular flexibility index (Phi) is 34.9. The molecule has 164 valence electrons. The Morgan fingerprint density at radius 1 is 0.630 bits per heavy atom. The molecule has 0 heteroatoms. The van der Waals surface area contributed by atoms with Gasteiger partial charge in [-0.15, -0.1) is 13.2 Å². The molecular weight excluding hydrogens is 324 g/mol. The monoisotopic (exact) mass is 380 g/mol. The average Bonchev–Trinajstić information content (AvgIpc) is 2.67. The summed E-state index contributed by atoms with van der Waals surface area (Å²) in [5.74, 6) is 1.50. The van der Waals surface area contributed by atoms with Crippen LogP contribution in [-0.4, -0.2) is 0 Å². The van der Waals surface area contributed by atoms with Crippen LogP contribution < -0.4 is 0 Å². The average molecular weight is 381 g/mol. The molecule has 0 aliphatic carbocycles. The molecular formula is C27H56. The molecule has 0 aromatic rings. The summed E-state index contributed by atoms with van der Waals surface area (Å²) in [6.45, 7) is 20.4. The summed E-state index contributed by atoms with van der Waals surface area (Å²) in [5, 5.41) is 0. The third kappa shape index (κ3) is 37.0. The fourth-order valence-corrected chi connectivity index (χ4v) is 2.94. The van der Waals surface area contributed by atoms with E-state index in [-0.39, 0.29) is 0 Å². The molecule has 0 bridgehead atoms. The first-order chi connectivity index (χ1) is 13.1. The third-order valence-corrected chi connectivity index (χ3v) is 4.80. The fraction of sp³-hybridized carbons (Fsp3) is 0.852. The Hall–Kier alpha value is -0.520. The van der Waals surface area contributed by atoms with Gasteiger partial charge in [-0.2, -0.15) is 0 Å². The Labute approximate surface area is 175 Å². The summed E-state index contributed by atoms with van der Waals surface area (Å²) in [4.78, 5) is 0. The number of unbranched alkanes of at least 4 members (excludes halogenated alkanes) is 12. The molecule has 0 saturated heterocycles. The predicted octanol–water partition coefficient (Wildman–Crippen LogP) is 10.5. The van der Waals surface area contributed by atoms with Gasteiger partial charge in [0.15, 0.2) is 0 Å². The van der Waals surface area contributed by atoms with E-state index in [1.165, 1.54) is 89.9 Å². The van der Waals surface area contributed by atoms with Crippen LogP contribution in [0.25, 0.3) is 0 Å². The lowest BCUT2D eigenvalue weighted by Gasteiger charge is -2.05. The van der Waals surface area contributed by atoms with E-state index in [9.17, 15) is 0 Å². The van der Waals surface area contributed by atoms with E-state index in [0.717, 1.165) is 12.3 Å². The second-order valence-corrected chi connectivity index (χ2v) is 8.16. The van der Waals surface area contributed by atoms with Crippen molar-refractivity contribution in [2.45, 2.75) is 138 Å². The second-order valence-electron chi connectivity index (χ2n) is 8.16. The van der Waals surface area contributed by atoms with E-state index >= 15 is 0 Å². The van der Waals surface area contributed by atoms with Crippen molar-refractivity contribution in [2.75, 3.05) is 0 Å². The molecule has 0 saturated carbocycles. The van der Waals surface area contributed by atoms with Crippen molar-refractivity contribution in [1.82, 2.24) is 0 Å². The van der Waals surface area contributed by atoms with Gasteiger partial charge in [0.1, 0.15) is 0 Å². The van der Waals surface area contributed by atoms with Crippen LogP contribution in [0.2, 0.25) is 0 Å². The second kappa shape index (κ2) is 30.2. The molecule has 0 radical (unpaired) electrons. The van der Waals surface area contributed by atoms with Crippen LogP contribution in [0.4, 0.5) is 0 Å². The summed E-state index contributed by atoms with van der Waals surface area (Å²) < 4.78 is 0. The molecule has 0 N–H and O–H groups in total. The SMILES string of the molecule is C=CC(C)CCCCCCCCCCCCCCC.C=CCC(C)C.CC.